The quantitative estimate of drug-likeness (QED) is 0.214. The predicted molar refractivity (Wildman–Crippen MR) is 164 cm³/mol. The summed E-state index contributed by atoms with van der Waals surface area (Å²) in [7, 11) is 0.491. The molecule has 0 radical (unpaired) electrons. The van der Waals surface area contributed by atoms with Crippen LogP contribution in [-0.4, -0.2) is 48.4 Å². The highest BCUT2D eigenvalue weighted by Gasteiger charge is 2.51. The Bertz CT molecular complexity index is 1300. The van der Waals surface area contributed by atoms with Crippen LogP contribution in [0.25, 0.3) is 0 Å². The van der Waals surface area contributed by atoms with Crippen LogP contribution in [0.15, 0.2) is 76.4 Å². The molecule has 1 aromatic heterocycles. The normalized spacial score (nSPS) is 20.7. The van der Waals surface area contributed by atoms with E-state index >= 15 is 0 Å². The van der Waals surface area contributed by atoms with E-state index in [2.05, 4.69) is 74.3 Å². The van der Waals surface area contributed by atoms with Gasteiger partial charge in [0.2, 0.25) is 0 Å². The fraction of sp³-hybridized carbons (Fsp3) is 0.448. The van der Waals surface area contributed by atoms with Gasteiger partial charge in [-0.3, -0.25) is 14.3 Å². The topological polar surface area (TPSA) is 82.6 Å². The number of ether oxygens (including phenoxy) is 2. The van der Waals surface area contributed by atoms with E-state index in [0.717, 1.165) is 0 Å². The number of aryl methyl sites for hydroxylation is 1. The molecule has 10 heteroatoms. The van der Waals surface area contributed by atoms with Gasteiger partial charge < -0.3 is 13.9 Å². The van der Waals surface area contributed by atoms with Crippen LogP contribution in [0.5, 0.6) is 0 Å². The third-order valence-electron chi connectivity index (χ3n) is 7.12. The first-order chi connectivity index (χ1) is 18.6. The second-order valence-corrected chi connectivity index (χ2v) is 17.9. The molecular formula is C29H38N2O5S2Si. The molecule has 0 bridgehead atoms. The van der Waals surface area contributed by atoms with Crippen molar-refractivity contribution in [1.29, 1.82) is 0 Å². The number of aromatic nitrogens is 2. The fourth-order valence-electron chi connectivity index (χ4n) is 5.34. The number of H-pyrrole nitrogens is 1. The maximum atomic E-state index is 12.7. The highest BCUT2D eigenvalue weighted by atomic mass is 33.1. The average Bonchev–Trinajstić information content (AvgIpc) is 3.29. The SMILES string of the molecule is CSS[C@H](C)O[C@@H]1C[C@H](n2cc(C)c(=O)[nH]c2=O)O[C@@H]1CO[Si](c1ccccc1)(c1ccccc1)C(C)(C)C. The highest BCUT2D eigenvalue weighted by molar-refractivity contribution is 8.76. The van der Waals surface area contributed by atoms with E-state index in [4.69, 9.17) is 13.9 Å². The molecule has 3 aromatic rings. The molecule has 0 unspecified atom stereocenters. The standard InChI is InChI=1S/C29H38N2O5S2Si/c1-20-18-31(28(33)30-27(20)32)26-17-24(35-21(2)38-37-6)25(36-26)19-34-39(29(3,4)5,22-13-9-7-10-14-22)23-15-11-8-12-16-23/h7-16,18,21,24-26H,17,19H2,1-6H3,(H,30,32,33)/t21-,24-,25-,26-/m1/s1. The first-order valence-corrected chi connectivity index (χ1v) is 17.7. The summed E-state index contributed by atoms with van der Waals surface area (Å²) >= 11 is 0. The van der Waals surface area contributed by atoms with Gasteiger partial charge in [-0.1, -0.05) is 103 Å². The summed E-state index contributed by atoms with van der Waals surface area (Å²) in [5.74, 6) is 0. The van der Waals surface area contributed by atoms with Gasteiger partial charge in [0, 0.05) is 18.2 Å². The van der Waals surface area contributed by atoms with Crippen LogP contribution in [0, 0.1) is 6.92 Å². The number of rotatable bonds is 10. The van der Waals surface area contributed by atoms with Crippen molar-refractivity contribution in [3.8, 4) is 0 Å². The third kappa shape index (κ3) is 6.47. The summed E-state index contributed by atoms with van der Waals surface area (Å²) < 4.78 is 21.5. The summed E-state index contributed by atoms with van der Waals surface area (Å²) in [5, 5.41) is 2.20. The van der Waals surface area contributed by atoms with Crippen molar-refractivity contribution in [3.63, 3.8) is 0 Å². The maximum Gasteiger partial charge on any atom is 0.330 e. The van der Waals surface area contributed by atoms with Crippen LogP contribution < -0.4 is 21.6 Å². The molecule has 39 heavy (non-hydrogen) atoms. The Balaban J connectivity index is 1.70. The van der Waals surface area contributed by atoms with Crippen LogP contribution >= 0.6 is 21.6 Å². The van der Waals surface area contributed by atoms with E-state index in [-0.39, 0.29) is 16.6 Å². The van der Waals surface area contributed by atoms with Gasteiger partial charge in [-0.2, -0.15) is 0 Å². The Morgan fingerprint density at radius 3 is 2.21 bits per heavy atom. The maximum absolute atomic E-state index is 12.7. The van der Waals surface area contributed by atoms with Crippen LogP contribution in [0.4, 0.5) is 0 Å². The lowest BCUT2D eigenvalue weighted by Gasteiger charge is -2.43. The molecule has 1 saturated heterocycles. The first kappa shape index (κ1) is 29.9. The van der Waals surface area contributed by atoms with Crippen molar-refractivity contribution in [3.05, 3.63) is 93.3 Å². The highest BCUT2D eigenvalue weighted by Crippen LogP contribution is 2.39. The van der Waals surface area contributed by atoms with Crippen molar-refractivity contribution in [2.45, 2.75) is 69.9 Å². The third-order valence-corrected chi connectivity index (χ3v) is 14.1. The molecule has 2 heterocycles. The van der Waals surface area contributed by atoms with Gasteiger partial charge in [-0.05, 0) is 35.5 Å². The zero-order valence-electron chi connectivity index (χ0n) is 23.4. The Hall–Kier alpha value is -2.08. The van der Waals surface area contributed by atoms with Crippen LogP contribution in [0.2, 0.25) is 5.04 Å². The molecule has 1 aliphatic heterocycles. The molecule has 7 nitrogen and oxygen atoms in total. The molecular weight excluding hydrogens is 549 g/mol. The second-order valence-electron chi connectivity index (χ2n) is 10.8. The van der Waals surface area contributed by atoms with Crippen molar-refractivity contribution >= 4 is 40.3 Å². The Morgan fingerprint density at radius 2 is 1.67 bits per heavy atom. The molecule has 2 aromatic carbocycles. The number of hydrogen-bond acceptors (Lipinski definition) is 7. The summed E-state index contributed by atoms with van der Waals surface area (Å²) in [6.45, 7) is 10.7. The minimum absolute atomic E-state index is 0.0725. The van der Waals surface area contributed by atoms with Gasteiger partial charge in [0.25, 0.3) is 13.9 Å². The Kier molecular flexibility index (Phi) is 9.67. The monoisotopic (exact) mass is 586 g/mol. The number of aromatic amines is 1. The Labute approximate surface area is 239 Å². The summed E-state index contributed by atoms with van der Waals surface area (Å²) in [5.41, 5.74) is -0.501. The first-order valence-electron chi connectivity index (χ1n) is 13.1. The number of nitrogens with zero attached hydrogens (tertiary/aromatic N) is 1. The van der Waals surface area contributed by atoms with E-state index in [1.165, 1.54) is 14.9 Å². The summed E-state index contributed by atoms with van der Waals surface area (Å²) in [4.78, 5) is 27.1. The minimum atomic E-state index is -2.79. The van der Waals surface area contributed by atoms with Crippen LogP contribution in [0.1, 0.15) is 45.9 Å². The van der Waals surface area contributed by atoms with E-state index in [9.17, 15) is 9.59 Å². The van der Waals surface area contributed by atoms with Gasteiger partial charge in [0.15, 0.2) is 0 Å². The average molecular weight is 587 g/mol. The lowest BCUT2D eigenvalue weighted by atomic mass is 10.2. The predicted octanol–water partition coefficient (Wildman–Crippen LogP) is 4.45. The fourth-order valence-corrected chi connectivity index (χ4v) is 11.3. The van der Waals surface area contributed by atoms with Gasteiger partial charge >= 0.3 is 5.69 Å². The number of hydrogen-bond donors (Lipinski definition) is 1. The lowest BCUT2D eigenvalue weighted by molar-refractivity contribution is -0.0616. The zero-order valence-corrected chi connectivity index (χ0v) is 26.0. The van der Waals surface area contributed by atoms with E-state index < -0.39 is 31.9 Å². The van der Waals surface area contributed by atoms with Gasteiger partial charge in [0.05, 0.1) is 12.7 Å². The smallest absolute Gasteiger partial charge is 0.330 e. The van der Waals surface area contributed by atoms with Gasteiger partial charge in [-0.15, -0.1) is 0 Å². The van der Waals surface area contributed by atoms with Crippen LogP contribution in [-0.2, 0) is 13.9 Å². The number of benzene rings is 2. The molecule has 0 aliphatic carbocycles. The number of nitrogens with one attached hydrogen (secondary N) is 1. The Morgan fingerprint density at radius 1 is 1.08 bits per heavy atom. The molecule has 0 spiro atoms. The van der Waals surface area contributed by atoms with Gasteiger partial charge in [0.1, 0.15) is 17.8 Å². The second kappa shape index (κ2) is 12.6. The molecule has 1 N–H and O–H groups in total. The van der Waals surface area contributed by atoms with Crippen molar-refractivity contribution in [2.24, 2.45) is 0 Å². The summed E-state index contributed by atoms with van der Waals surface area (Å²) in [6.07, 6.45) is 2.79. The van der Waals surface area contributed by atoms with Crippen molar-refractivity contribution in [2.75, 3.05) is 12.9 Å². The van der Waals surface area contributed by atoms with Gasteiger partial charge in [-0.25, -0.2) is 4.79 Å². The molecule has 0 amide bonds. The largest absolute Gasteiger partial charge is 0.405 e. The van der Waals surface area contributed by atoms with E-state index in [0.29, 0.717) is 18.6 Å². The van der Waals surface area contributed by atoms with E-state index in [1.54, 1.807) is 34.7 Å². The lowest BCUT2D eigenvalue weighted by Crippen LogP contribution is -2.67. The molecule has 4 rings (SSSR count). The molecule has 0 saturated carbocycles. The zero-order chi connectivity index (χ0) is 28.2. The molecule has 4 atom stereocenters. The summed E-state index contributed by atoms with van der Waals surface area (Å²) in [6, 6.07) is 21.0. The van der Waals surface area contributed by atoms with Crippen molar-refractivity contribution in [1.82, 2.24) is 9.55 Å². The molecule has 1 aliphatic rings. The van der Waals surface area contributed by atoms with E-state index in [1.807, 2.05) is 25.3 Å². The minimum Gasteiger partial charge on any atom is -0.405 e. The molecule has 210 valence electrons. The van der Waals surface area contributed by atoms with Crippen molar-refractivity contribution < 1.29 is 13.9 Å². The van der Waals surface area contributed by atoms with Crippen LogP contribution in [0.3, 0.4) is 0 Å². The molecule has 1 fully saturated rings.